The van der Waals surface area contributed by atoms with E-state index in [-0.39, 0.29) is 6.61 Å². The fourth-order valence-electron chi connectivity index (χ4n) is 1.56. The Labute approximate surface area is 117 Å². The monoisotopic (exact) mass is 289 g/mol. The summed E-state index contributed by atoms with van der Waals surface area (Å²) < 4.78 is 41.3. The van der Waals surface area contributed by atoms with Crippen molar-refractivity contribution in [1.82, 2.24) is 0 Å². The molecule has 0 aliphatic carbocycles. The molecule has 0 radical (unpaired) electrons. The summed E-state index contributed by atoms with van der Waals surface area (Å²) in [6, 6.07) is 3.14. The number of nitrogens with two attached hydrogens (primary N) is 1. The lowest BCUT2D eigenvalue weighted by atomic mass is 10.1. The van der Waals surface area contributed by atoms with Crippen LogP contribution in [0.4, 0.5) is 8.78 Å². The predicted molar refractivity (Wildman–Crippen MR) is 71.4 cm³/mol. The van der Waals surface area contributed by atoms with Gasteiger partial charge in [-0.25, -0.2) is 8.78 Å². The smallest absolute Gasteiger partial charge is 0.159 e. The molecular weight excluding hydrogens is 268 g/mol. The molecule has 2 N–H and O–H groups in total. The molecule has 0 saturated carbocycles. The Morgan fingerprint density at radius 1 is 1.05 bits per heavy atom. The average Bonchev–Trinajstić information content (AvgIpc) is 2.44. The second-order valence-electron chi connectivity index (χ2n) is 4.31. The van der Waals surface area contributed by atoms with Crippen LogP contribution in [-0.2, 0) is 14.2 Å². The minimum atomic E-state index is -0.899. The van der Waals surface area contributed by atoms with Crippen molar-refractivity contribution in [3.05, 3.63) is 35.4 Å². The molecular formula is C14H21F2NO3. The van der Waals surface area contributed by atoms with E-state index < -0.39 is 17.7 Å². The van der Waals surface area contributed by atoms with Crippen molar-refractivity contribution in [3.8, 4) is 0 Å². The van der Waals surface area contributed by atoms with E-state index in [1.54, 1.807) is 7.11 Å². The van der Waals surface area contributed by atoms with Crippen LogP contribution in [-0.4, -0.2) is 40.1 Å². The fourth-order valence-corrected chi connectivity index (χ4v) is 1.56. The number of methoxy groups -OCH3 is 1. The second kappa shape index (κ2) is 9.77. The minimum Gasteiger partial charge on any atom is -0.382 e. The van der Waals surface area contributed by atoms with Crippen molar-refractivity contribution in [2.24, 2.45) is 5.73 Å². The lowest BCUT2D eigenvalue weighted by molar-refractivity contribution is 0.0491. The van der Waals surface area contributed by atoms with Gasteiger partial charge in [-0.05, 0) is 24.1 Å². The van der Waals surface area contributed by atoms with Crippen LogP contribution in [0.15, 0.2) is 18.2 Å². The summed E-state index contributed by atoms with van der Waals surface area (Å²) in [6.45, 7) is 2.48. The van der Waals surface area contributed by atoms with E-state index in [0.29, 0.717) is 32.0 Å². The van der Waals surface area contributed by atoms with Crippen LogP contribution in [0.1, 0.15) is 18.0 Å². The van der Waals surface area contributed by atoms with E-state index in [0.717, 1.165) is 18.6 Å². The van der Waals surface area contributed by atoms with Crippen LogP contribution < -0.4 is 5.73 Å². The van der Waals surface area contributed by atoms with Crippen molar-refractivity contribution >= 4 is 0 Å². The summed E-state index contributed by atoms with van der Waals surface area (Å²) in [6.07, 6.45) is 0.744. The van der Waals surface area contributed by atoms with E-state index in [1.165, 1.54) is 6.07 Å². The first kappa shape index (κ1) is 17.0. The van der Waals surface area contributed by atoms with Crippen LogP contribution in [0.3, 0.4) is 0 Å². The number of hydrogen-bond acceptors (Lipinski definition) is 4. The number of benzene rings is 1. The summed E-state index contributed by atoms with van der Waals surface area (Å²) in [7, 11) is 1.62. The quantitative estimate of drug-likeness (QED) is 0.670. The van der Waals surface area contributed by atoms with Gasteiger partial charge in [0.05, 0.1) is 25.9 Å². The molecule has 1 unspecified atom stereocenters. The Morgan fingerprint density at radius 2 is 1.80 bits per heavy atom. The standard InChI is InChI=1S/C14H21F2NO3/c1-18-7-8-19-5-2-6-20-10-14(17)11-3-4-12(15)13(16)9-11/h3-4,9,14H,2,5-8,10,17H2,1H3. The van der Waals surface area contributed by atoms with Crippen molar-refractivity contribution in [2.45, 2.75) is 12.5 Å². The molecule has 1 rings (SSSR count). The van der Waals surface area contributed by atoms with E-state index in [1.807, 2.05) is 0 Å². The largest absolute Gasteiger partial charge is 0.382 e. The molecule has 6 heteroatoms. The molecule has 1 aromatic rings. The average molecular weight is 289 g/mol. The summed E-state index contributed by atoms with van der Waals surface area (Å²) in [5, 5.41) is 0. The molecule has 0 fully saturated rings. The first-order valence-corrected chi connectivity index (χ1v) is 6.50. The van der Waals surface area contributed by atoms with Crippen molar-refractivity contribution < 1.29 is 23.0 Å². The highest BCUT2D eigenvalue weighted by Gasteiger charge is 2.09. The van der Waals surface area contributed by atoms with Gasteiger partial charge in [0.15, 0.2) is 11.6 Å². The Bertz CT molecular complexity index is 391. The maximum Gasteiger partial charge on any atom is 0.159 e. The van der Waals surface area contributed by atoms with Gasteiger partial charge in [0.2, 0.25) is 0 Å². The number of rotatable bonds is 10. The summed E-state index contributed by atoms with van der Waals surface area (Å²) in [5.41, 5.74) is 6.35. The zero-order chi connectivity index (χ0) is 14.8. The van der Waals surface area contributed by atoms with Gasteiger partial charge in [-0.1, -0.05) is 6.07 Å². The van der Waals surface area contributed by atoms with Gasteiger partial charge in [0.1, 0.15) is 0 Å². The minimum absolute atomic E-state index is 0.253. The Morgan fingerprint density at radius 3 is 2.50 bits per heavy atom. The molecule has 0 amide bonds. The van der Waals surface area contributed by atoms with E-state index >= 15 is 0 Å². The zero-order valence-electron chi connectivity index (χ0n) is 11.6. The molecule has 0 aliphatic heterocycles. The zero-order valence-corrected chi connectivity index (χ0v) is 11.6. The van der Waals surface area contributed by atoms with Gasteiger partial charge in [-0.15, -0.1) is 0 Å². The van der Waals surface area contributed by atoms with Gasteiger partial charge in [0.25, 0.3) is 0 Å². The van der Waals surface area contributed by atoms with E-state index in [9.17, 15) is 8.78 Å². The summed E-state index contributed by atoms with van der Waals surface area (Å²) in [5.74, 6) is -1.78. The number of halogens is 2. The number of ether oxygens (including phenoxy) is 3. The van der Waals surface area contributed by atoms with Crippen LogP contribution in [0.25, 0.3) is 0 Å². The van der Waals surface area contributed by atoms with Crippen LogP contribution in [0, 0.1) is 11.6 Å². The normalized spacial score (nSPS) is 12.6. The Hall–Kier alpha value is -1.08. The van der Waals surface area contributed by atoms with Crippen molar-refractivity contribution in [1.29, 1.82) is 0 Å². The SMILES string of the molecule is COCCOCCCOCC(N)c1ccc(F)c(F)c1. The molecule has 114 valence electrons. The van der Waals surface area contributed by atoms with Crippen LogP contribution >= 0.6 is 0 Å². The predicted octanol–water partition coefficient (Wildman–Crippen LogP) is 2.03. The van der Waals surface area contributed by atoms with E-state index in [2.05, 4.69) is 0 Å². The molecule has 1 atom stereocenters. The molecule has 4 nitrogen and oxygen atoms in total. The lowest BCUT2D eigenvalue weighted by Gasteiger charge is -2.13. The molecule has 0 spiro atoms. The highest BCUT2D eigenvalue weighted by molar-refractivity contribution is 5.20. The molecule has 0 heterocycles. The molecule has 0 saturated heterocycles. The Kier molecular flexibility index (Phi) is 8.29. The molecule has 20 heavy (non-hydrogen) atoms. The molecule has 0 bridgehead atoms. The van der Waals surface area contributed by atoms with Gasteiger partial charge in [-0.3, -0.25) is 0 Å². The molecule has 1 aromatic carbocycles. The second-order valence-corrected chi connectivity index (χ2v) is 4.31. The Balaban J connectivity index is 2.13. The summed E-state index contributed by atoms with van der Waals surface area (Å²) >= 11 is 0. The fraction of sp³-hybridized carbons (Fsp3) is 0.571. The van der Waals surface area contributed by atoms with Gasteiger partial charge in [-0.2, -0.15) is 0 Å². The van der Waals surface area contributed by atoms with Gasteiger partial charge < -0.3 is 19.9 Å². The van der Waals surface area contributed by atoms with Gasteiger partial charge >= 0.3 is 0 Å². The van der Waals surface area contributed by atoms with Gasteiger partial charge in [0, 0.05) is 20.3 Å². The lowest BCUT2D eigenvalue weighted by Crippen LogP contribution is -2.18. The van der Waals surface area contributed by atoms with Crippen LogP contribution in [0.2, 0.25) is 0 Å². The van der Waals surface area contributed by atoms with Crippen molar-refractivity contribution in [2.75, 3.05) is 40.1 Å². The van der Waals surface area contributed by atoms with E-state index in [4.69, 9.17) is 19.9 Å². The first-order valence-electron chi connectivity index (χ1n) is 6.50. The topological polar surface area (TPSA) is 53.7 Å². The highest BCUT2D eigenvalue weighted by Crippen LogP contribution is 2.14. The number of hydrogen-bond donors (Lipinski definition) is 1. The third-order valence-electron chi connectivity index (χ3n) is 2.68. The van der Waals surface area contributed by atoms with Crippen LogP contribution in [0.5, 0.6) is 0 Å². The van der Waals surface area contributed by atoms with Crippen molar-refractivity contribution in [3.63, 3.8) is 0 Å². The highest BCUT2D eigenvalue weighted by atomic mass is 19.2. The maximum absolute atomic E-state index is 13.0. The maximum atomic E-state index is 13.0. The first-order chi connectivity index (χ1) is 9.65. The third-order valence-corrected chi connectivity index (χ3v) is 2.68. The third kappa shape index (κ3) is 6.38. The molecule has 0 aromatic heterocycles. The molecule has 0 aliphatic rings. The summed E-state index contributed by atoms with van der Waals surface area (Å²) in [4.78, 5) is 0.